The number of aromatic amines is 1. The van der Waals surface area contributed by atoms with Crippen LogP contribution in [0.25, 0.3) is 11.4 Å². The fourth-order valence-corrected chi connectivity index (χ4v) is 3.32. The molecule has 2 heterocycles. The van der Waals surface area contributed by atoms with Crippen LogP contribution in [0.15, 0.2) is 24.3 Å². The maximum atomic E-state index is 5.43. The van der Waals surface area contributed by atoms with Gasteiger partial charge < -0.3 is 4.90 Å². The number of piperazine rings is 1. The average Bonchev–Trinajstić information content (AvgIpc) is 2.90. The van der Waals surface area contributed by atoms with Crippen LogP contribution in [0.3, 0.4) is 0 Å². The lowest BCUT2D eigenvalue weighted by atomic mass is 10.1. The van der Waals surface area contributed by atoms with Crippen molar-refractivity contribution in [2.24, 2.45) is 5.92 Å². The number of aromatic nitrogens is 3. The van der Waals surface area contributed by atoms with E-state index in [9.17, 15) is 0 Å². The lowest BCUT2D eigenvalue weighted by Gasteiger charge is -2.35. The second-order valence-corrected chi connectivity index (χ2v) is 7.47. The summed E-state index contributed by atoms with van der Waals surface area (Å²) in [7, 11) is 0. The second kappa shape index (κ2) is 7.59. The Morgan fingerprint density at radius 1 is 1.08 bits per heavy atom. The molecule has 1 saturated heterocycles. The van der Waals surface area contributed by atoms with Gasteiger partial charge in [-0.1, -0.05) is 43.7 Å². The topological polar surface area (TPSA) is 40.1 Å². The van der Waals surface area contributed by atoms with Crippen molar-refractivity contribution in [3.8, 4) is 11.4 Å². The summed E-state index contributed by atoms with van der Waals surface area (Å²) in [4.78, 5) is 9.50. The molecule has 5 nitrogen and oxygen atoms in total. The Morgan fingerprint density at radius 2 is 1.71 bits per heavy atom. The summed E-state index contributed by atoms with van der Waals surface area (Å²) in [6.45, 7) is 13.0. The summed E-state index contributed by atoms with van der Waals surface area (Å²) in [5, 5.41) is 3.35. The Kier molecular flexibility index (Phi) is 5.48. The largest absolute Gasteiger partial charge is 0.301 e. The number of hydrogen-bond donors (Lipinski definition) is 1. The zero-order valence-electron chi connectivity index (χ0n) is 14.8. The van der Waals surface area contributed by atoms with Crippen LogP contribution in [0.4, 0.5) is 0 Å². The minimum atomic E-state index is 0.621. The number of rotatable bonds is 5. The zero-order chi connectivity index (χ0) is 17.1. The average molecular weight is 346 g/mol. The molecule has 0 aliphatic carbocycles. The summed E-state index contributed by atoms with van der Waals surface area (Å²) in [5.74, 6) is 1.58. The van der Waals surface area contributed by atoms with Crippen LogP contribution in [-0.4, -0.2) is 57.3 Å². The molecule has 1 aliphatic rings. The van der Waals surface area contributed by atoms with Gasteiger partial charge in [0.05, 0.1) is 6.67 Å². The van der Waals surface area contributed by atoms with E-state index < -0.39 is 0 Å². The van der Waals surface area contributed by atoms with Gasteiger partial charge in [-0.25, -0.2) is 4.68 Å². The Balaban J connectivity index is 1.62. The van der Waals surface area contributed by atoms with Crippen LogP contribution >= 0.6 is 12.2 Å². The Labute approximate surface area is 149 Å². The molecule has 1 aliphatic heterocycles. The molecule has 6 heteroatoms. The van der Waals surface area contributed by atoms with E-state index in [2.05, 4.69) is 64.9 Å². The minimum Gasteiger partial charge on any atom is -0.301 e. The van der Waals surface area contributed by atoms with Crippen LogP contribution in [0.1, 0.15) is 19.4 Å². The van der Waals surface area contributed by atoms with Crippen molar-refractivity contribution in [3.63, 3.8) is 0 Å². The lowest BCUT2D eigenvalue weighted by Crippen LogP contribution is -2.47. The fraction of sp³-hybridized carbons (Fsp3) is 0.556. The molecule has 3 rings (SSSR count). The monoisotopic (exact) mass is 345 g/mol. The highest BCUT2D eigenvalue weighted by atomic mass is 32.1. The van der Waals surface area contributed by atoms with Gasteiger partial charge in [0, 0.05) is 38.3 Å². The van der Waals surface area contributed by atoms with E-state index in [4.69, 9.17) is 12.2 Å². The summed E-state index contributed by atoms with van der Waals surface area (Å²) in [5.41, 5.74) is 2.32. The predicted octanol–water partition coefficient (Wildman–Crippen LogP) is 3.15. The first-order valence-electron chi connectivity index (χ1n) is 8.70. The molecule has 0 saturated carbocycles. The SMILES string of the molecule is Cc1ccc(-c2nc(=S)n(CN3CCN(CC(C)C)CC3)[nH]2)cc1. The van der Waals surface area contributed by atoms with Crippen molar-refractivity contribution in [1.82, 2.24) is 24.6 Å². The number of nitrogens with zero attached hydrogens (tertiary/aromatic N) is 4. The van der Waals surface area contributed by atoms with E-state index in [1.54, 1.807) is 0 Å². The van der Waals surface area contributed by atoms with E-state index in [-0.39, 0.29) is 0 Å². The highest BCUT2D eigenvalue weighted by molar-refractivity contribution is 7.71. The maximum absolute atomic E-state index is 5.43. The third-order valence-electron chi connectivity index (χ3n) is 4.43. The van der Waals surface area contributed by atoms with Gasteiger partial charge in [-0.3, -0.25) is 10.00 Å². The van der Waals surface area contributed by atoms with E-state index >= 15 is 0 Å². The van der Waals surface area contributed by atoms with Crippen molar-refractivity contribution < 1.29 is 0 Å². The van der Waals surface area contributed by atoms with Gasteiger partial charge in [-0.2, -0.15) is 4.98 Å². The first-order chi connectivity index (χ1) is 11.5. The summed E-state index contributed by atoms with van der Waals surface area (Å²) < 4.78 is 2.60. The zero-order valence-corrected chi connectivity index (χ0v) is 15.6. The maximum Gasteiger partial charge on any atom is 0.217 e. The molecule has 2 aromatic rings. The number of H-pyrrole nitrogens is 1. The van der Waals surface area contributed by atoms with Crippen molar-refractivity contribution in [2.75, 3.05) is 32.7 Å². The lowest BCUT2D eigenvalue weighted by molar-refractivity contribution is 0.0952. The van der Waals surface area contributed by atoms with Gasteiger partial charge in [0.2, 0.25) is 4.77 Å². The highest BCUT2D eigenvalue weighted by Gasteiger charge is 2.18. The van der Waals surface area contributed by atoms with E-state index in [0.29, 0.717) is 4.77 Å². The number of hydrogen-bond acceptors (Lipinski definition) is 4. The van der Waals surface area contributed by atoms with Crippen LogP contribution < -0.4 is 0 Å². The van der Waals surface area contributed by atoms with Gasteiger partial charge >= 0.3 is 0 Å². The van der Waals surface area contributed by atoms with Gasteiger partial charge in [-0.05, 0) is 25.1 Å². The molecular formula is C18H27N5S. The van der Waals surface area contributed by atoms with E-state index in [0.717, 1.165) is 50.2 Å². The minimum absolute atomic E-state index is 0.621. The van der Waals surface area contributed by atoms with Gasteiger partial charge in [-0.15, -0.1) is 0 Å². The molecule has 0 bridgehead atoms. The summed E-state index contributed by atoms with van der Waals surface area (Å²) in [6, 6.07) is 8.36. The molecule has 1 aromatic carbocycles. The normalized spacial score (nSPS) is 16.8. The molecule has 0 amide bonds. The van der Waals surface area contributed by atoms with Crippen LogP contribution in [-0.2, 0) is 6.67 Å². The second-order valence-electron chi connectivity index (χ2n) is 7.10. The van der Waals surface area contributed by atoms with Crippen molar-refractivity contribution >= 4 is 12.2 Å². The highest BCUT2D eigenvalue weighted by Crippen LogP contribution is 2.16. The van der Waals surface area contributed by atoms with E-state index in [1.807, 2.05) is 4.68 Å². The summed E-state index contributed by atoms with van der Waals surface area (Å²) >= 11 is 5.43. The fourth-order valence-electron chi connectivity index (χ4n) is 3.12. The molecular weight excluding hydrogens is 318 g/mol. The molecule has 0 radical (unpaired) electrons. The summed E-state index contributed by atoms with van der Waals surface area (Å²) in [6.07, 6.45) is 0. The molecule has 0 atom stereocenters. The molecule has 0 spiro atoms. The predicted molar refractivity (Wildman–Crippen MR) is 100 cm³/mol. The molecule has 1 aromatic heterocycles. The smallest absolute Gasteiger partial charge is 0.217 e. The number of nitrogens with one attached hydrogen (secondary N) is 1. The first-order valence-corrected chi connectivity index (χ1v) is 9.10. The van der Waals surface area contributed by atoms with Crippen molar-refractivity contribution in [2.45, 2.75) is 27.4 Å². The molecule has 0 unspecified atom stereocenters. The Hall–Kier alpha value is -1.50. The molecule has 130 valence electrons. The Bertz CT molecular complexity index is 708. The van der Waals surface area contributed by atoms with Gasteiger partial charge in [0.15, 0.2) is 5.82 Å². The van der Waals surface area contributed by atoms with Gasteiger partial charge in [0.1, 0.15) is 0 Å². The van der Waals surface area contributed by atoms with Crippen LogP contribution in [0, 0.1) is 17.6 Å². The molecule has 24 heavy (non-hydrogen) atoms. The standard InChI is InChI=1S/C18H27N5S/c1-14(2)12-21-8-10-22(11-9-21)13-23-18(24)19-17(20-23)16-6-4-15(3)5-7-16/h4-7,14H,8-13H2,1-3H3,(H,19,20,24). The van der Waals surface area contributed by atoms with Crippen molar-refractivity contribution in [1.29, 1.82) is 0 Å². The molecule has 1 fully saturated rings. The van der Waals surface area contributed by atoms with Crippen LogP contribution in [0.5, 0.6) is 0 Å². The third-order valence-corrected chi connectivity index (χ3v) is 4.75. The van der Waals surface area contributed by atoms with Gasteiger partial charge in [0.25, 0.3) is 0 Å². The van der Waals surface area contributed by atoms with E-state index in [1.165, 1.54) is 12.1 Å². The van der Waals surface area contributed by atoms with Crippen molar-refractivity contribution in [3.05, 3.63) is 34.6 Å². The number of benzene rings is 1. The first kappa shape index (κ1) is 17.3. The molecule has 1 N–H and O–H groups in total. The Morgan fingerprint density at radius 3 is 2.33 bits per heavy atom. The quantitative estimate of drug-likeness (QED) is 0.845. The number of aryl methyl sites for hydroxylation is 1. The third kappa shape index (κ3) is 4.32. The van der Waals surface area contributed by atoms with Crippen LogP contribution in [0.2, 0.25) is 0 Å².